The molecule has 2 unspecified atom stereocenters. The summed E-state index contributed by atoms with van der Waals surface area (Å²) in [5.74, 6) is -1.37. The molecule has 19 heteroatoms. The van der Waals surface area contributed by atoms with E-state index in [4.69, 9.17) is 37.0 Å². The molecule has 0 aliphatic rings. The minimum Gasteiger partial charge on any atom is -0.462 e. The zero-order valence-corrected chi connectivity index (χ0v) is 60.8. The number of carbonyl (C=O) groups is 4. The number of esters is 4. The lowest BCUT2D eigenvalue weighted by atomic mass is 10.0. The third-order valence-electron chi connectivity index (χ3n) is 16.8. The number of ether oxygens (including phenoxy) is 4. The molecule has 0 rings (SSSR count). The van der Waals surface area contributed by atoms with Crippen molar-refractivity contribution in [2.24, 2.45) is 5.92 Å². The van der Waals surface area contributed by atoms with Gasteiger partial charge in [-0.1, -0.05) is 324 Å². The Balaban J connectivity index is 5.20. The van der Waals surface area contributed by atoms with Crippen molar-refractivity contribution in [2.45, 2.75) is 393 Å². The highest BCUT2D eigenvalue weighted by atomic mass is 31.2. The zero-order chi connectivity index (χ0) is 67.0. The Morgan fingerprint density at radius 1 is 0.297 bits per heavy atom. The second kappa shape index (κ2) is 65.4. The molecule has 0 aliphatic heterocycles. The van der Waals surface area contributed by atoms with E-state index in [2.05, 4.69) is 34.6 Å². The van der Waals surface area contributed by atoms with E-state index < -0.39 is 97.5 Å². The first-order valence-electron chi connectivity index (χ1n) is 37.6. The average Bonchev–Trinajstić information content (AvgIpc) is 3.07. The van der Waals surface area contributed by atoms with Gasteiger partial charge in [-0.3, -0.25) is 37.3 Å². The van der Waals surface area contributed by atoms with Crippen molar-refractivity contribution in [3.05, 3.63) is 0 Å². The molecule has 0 aliphatic carbocycles. The highest BCUT2D eigenvalue weighted by molar-refractivity contribution is 7.47. The van der Waals surface area contributed by atoms with Gasteiger partial charge in [-0.05, 0) is 31.6 Å². The first-order chi connectivity index (χ1) is 44.0. The van der Waals surface area contributed by atoms with Crippen molar-refractivity contribution in [2.75, 3.05) is 39.6 Å². The first-order valence-corrected chi connectivity index (χ1v) is 40.6. The Morgan fingerprint density at radius 3 is 0.747 bits per heavy atom. The monoisotopic (exact) mass is 1340 g/mol. The van der Waals surface area contributed by atoms with Gasteiger partial charge in [0, 0.05) is 25.7 Å². The molecule has 0 heterocycles. The fraction of sp³-hybridized carbons (Fsp3) is 0.944. The summed E-state index contributed by atoms with van der Waals surface area (Å²) in [6, 6.07) is 0. The van der Waals surface area contributed by atoms with Gasteiger partial charge in [0.25, 0.3) is 0 Å². The number of hydrogen-bond acceptors (Lipinski definition) is 15. The van der Waals surface area contributed by atoms with Crippen molar-refractivity contribution in [3.8, 4) is 0 Å². The maximum Gasteiger partial charge on any atom is 0.472 e. The van der Waals surface area contributed by atoms with Gasteiger partial charge in [0.1, 0.15) is 19.3 Å². The van der Waals surface area contributed by atoms with Crippen molar-refractivity contribution in [1.29, 1.82) is 0 Å². The lowest BCUT2D eigenvalue weighted by Crippen LogP contribution is -2.30. The number of hydrogen-bond donors (Lipinski definition) is 3. The smallest absolute Gasteiger partial charge is 0.462 e. The van der Waals surface area contributed by atoms with Crippen LogP contribution in [0.1, 0.15) is 375 Å². The number of aliphatic hydroxyl groups excluding tert-OH is 1. The van der Waals surface area contributed by atoms with Gasteiger partial charge in [-0.15, -0.1) is 0 Å². The Hall–Kier alpha value is -1.94. The van der Waals surface area contributed by atoms with Crippen molar-refractivity contribution in [3.63, 3.8) is 0 Å². The highest BCUT2D eigenvalue weighted by Crippen LogP contribution is 2.45. The summed E-state index contributed by atoms with van der Waals surface area (Å²) in [5, 5.41) is 10.6. The summed E-state index contributed by atoms with van der Waals surface area (Å²) in [6.45, 7) is 7.22. The molecule has 17 nitrogen and oxygen atoms in total. The molecule has 0 radical (unpaired) electrons. The molecule has 5 atom stereocenters. The van der Waals surface area contributed by atoms with Crippen molar-refractivity contribution >= 4 is 39.5 Å². The fourth-order valence-corrected chi connectivity index (χ4v) is 12.6. The predicted molar refractivity (Wildman–Crippen MR) is 368 cm³/mol. The molecule has 0 saturated carbocycles. The summed E-state index contributed by atoms with van der Waals surface area (Å²) < 4.78 is 68.3. The summed E-state index contributed by atoms with van der Waals surface area (Å²) in [5.41, 5.74) is 0. The number of phosphoric acid groups is 2. The Bertz CT molecular complexity index is 1750. The van der Waals surface area contributed by atoms with Gasteiger partial charge in [0.15, 0.2) is 12.2 Å². The average molecular weight is 1340 g/mol. The van der Waals surface area contributed by atoms with Gasteiger partial charge in [-0.2, -0.15) is 0 Å². The van der Waals surface area contributed by atoms with E-state index in [-0.39, 0.29) is 25.7 Å². The molecule has 0 spiro atoms. The first kappa shape index (κ1) is 89.1. The van der Waals surface area contributed by atoms with E-state index in [1.807, 2.05) is 0 Å². The largest absolute Gasteiger partial charge is 0.472 e. The lowest BCUT2D eigenvalue weighted by Gasteiger charge is -2.21. The summed E-state index contributed by atoms with van der Waals surface area (Å²) in [7, 11) is -9.90. The maximum absolute atomic E-state index is 13.0. The second-order valence-electron chi connectivity index (χ2n) is 26.5. The molecule has 0 fully saturated rings. The molecular formula is C72H140O17P2. The van der Waals surface area contributed by atoms with Crippen LogP contribution in [0.2, 0.25) is 0 Å². The standard InChI is InChI=1S/C72H140O17P2/c1-6-9-12-15-18-20-22-24-26-28-30-32-37-42-47-52-57-71(76)89-68(62-83-70(75)56-51-46-41-36-31-29-27-25-23-21-19-16-13-10-7-2)64-87-91(80,81)85-60-66(73)59-84-90(78,79)86-63-67(61-82-69(74)55-50-45-39-17-14-11-8-3)88-72(77)58-53-48-43-38-34-33-35-40-44-49-54-65(4)5/h65-68,73H,6-64H2,1-5H3,(H,78,79)(H,80,81)/t66-,67+,68+/m0/s1. The van der Waals surface area contributed by atoms with Gasteiger partial charge in [-0.25, -0.2) is 9.13 Å². The van der Waals surface area contributed by atoms with Gasteiger partial charge in [0.2, 0.25) is 0 Å². The van der Waals surface area contributed by atoms with Crippen LogP contribution >= 0.6 is 15.6 Å². The number of carbonyl (C=O) groups excluding carboxylic acids is 4. The molecule has 0 saturated heterocycles. The molecular weight excluding hydrogens is 1200 g/mol. The third kappa shape index (κ3) is 66.5. The van der Waals surface area contributed by atoms with E-state index in [0.29, 0.717) is 25.7 Å². The Kier molecular flexibility index (Phi) is 64.0. The SMILES string of the molecule is CCCCCCCCCCCCCCCCCCC(=O)O[C@H](COC(=O)CCCCCCCCCCCCCCCCC)COP(=O)(O)OC[C@@H](O)COP(=O)(O)OC[C@@H](COC(=O)CCCCCCCCC)OC(=O)CCCCCCCCCCCCC(C)C. The predicted octanol–water partition coefficient (Wildman–Crippen LogP) is 20.9. The van der Waals surface area contributed by atoms with E-state index in [9.17, 15) is 43.2 Å². The summed E-state index contributed by atoms with van der Waals surface area (Å²) in [6.07, 6.45) is 52.8. The minimum absolute atomic E-state index is 0.106. The van der Waals surface area contributed by atoms with Crippen LogP contribution in [0.5, 0.6) is 0 Å². The third-order valence-corrected chi connectivity index (χ3v) is 18.7. The normalized spacial score (nSPS) is 14.0. The Morgan fingerprint density at radius 2 is 0.505 bits per heavy atom. The molecule has 3 N–H and O–H groups in total. The van der Waals surface area contributed by atoms with Gasteiger partial charge >= 0.3 is 39.5 Å². The van der Waals surface area contributed by atoms with Gasteiger partial charge in [0.05, 0.1) is 26.4 Å². The quantitative estimate of drug-likeness (QED) is 0.0222. The van der Waals surface area contributed by atoms with Crippen molar-refractivity contribution in [1.82, 2.24) is 0 Å². The number of rotatable bonds is 72. The minimum atomic E-state index is -4.95. The topological polar surface area (TPSA) is 237 Å². The van der Waals surface area contributed by atoms with Gasteiger partial charge < -0.3 is 33.8 Å². The Labute approximate surface area is 556 Å². The molecule has 0 bridgehead atoms. The molecule has 0 aromatic carbocycles. The van der Waals surface area contributed by atoms with Crippen LogP contribution in [0.4, 0.5) is 0 Å². The second-order valence-corrected chi connectivity index (χ2v) is 29.4. The van der Waals surface area contributed by atoms with Crippen LogP contribution in [0.25, 0.3) is 0 Å². The van der Waals surface area contributed by atoms with E-state index >= 15 is 0 Å². The highest BCUT2D eigenvalue weighted by Gasteiger charge is 2.30. The van der Waals surface area contributed by atoms with Crippen LogP contribution < -0.4 is 0 Å². The van der Waals surface area contributed by atoms with Crippen molar-refractivity contribution < 1.29 is 80.2 Å². The zero-order valence-electron chi connectivity index (χ0n) is 59.0. The van der Waals surface area contributed by atoms with E-state index in [0.717, 1.165) is 109 Å². The molecule has 0 aromatic heterocycles. The van der Waals surface area contributed by atoms with E-state index in [1.165, 1.54) is 186 Å². The van der Waals surface area contributed by atoms with Crippen LogP contribution in [0, 0.1) is 5.92 Å². The van der Waals surface area contributed by atoms with E-state index in [1.54, 1.807) is 0 Å². The van der Waals surface area contributed by atoms with Crippen LogP contribution in [0.3, 0.4) is 0 Å². The molecule has 0 aromatic rings. The number of phosphoric ester groups is 2. The summed E-state index contributed by atoms with van der Waals surface area (Å²) in [4.78, 5) is 72.5. The summed E-state index contributed by atoms with van der Waals surface area (Å²) >= 11 is 0. The lowest BCUT2D eigenvalue weighted by molar-refractivity contribution is -0.161. The maximum atomic E-state index is 13.0. The fourth-order valence-electron chi connectivity index (χ4n) is 11.0. The van der Waals surface area contributed by atoms with Crippen LogP contribution in [-0.4, -0.2) is 96.7 Å². The van der Waals surface area contributed by atoms with Crippen LogP contribution in [-0.2, 0) is 65.4 Å². The number of unbranched alkanes of at least 4 members (excludes halogenated alkanes) is 44. The number of aliphatic hydroxyl groups is 1. The molecule has 0 amide bonds. The molecule has 91 heavy (non-hydrogen) atoms. The van der Waals surface area contributed by atoms with Crippen LogP contribution in [0.15, 0.2) is 0 Å². The molecule has 540 valence electrons.